The van der Waals surface area contributed by atoms with Crippen molar-refractivity contribution >= 4 is 41.5 Å². The van der Waals surface area contributed by atoms with Gasteiger partial charge in [0, 0.05) is 19.6 Å². The second kappa shape index (κ2) is 10.1. The van der Waals surface area contributed by atoms with E-state index < -0.39 is 0 Å². The SMILES string of the molecule is CCC(C)NC(=NC)NCCc1cc(Cl)c2c(c1)OCCO2.I. The molecule has 0 bridgehead atoms. The number of hydrogen-bond donors (Lipinski definition) is 2. The largest absolute Gasteiger partial charge is 0.486 e. The zero-order valence-electron chi connectivity index (χ0n) is 13.8. The zero-order chi connectivity index (χ0) is 15.9. The van der Waals surface area contributed by atoms with Crippen molar-refractivity contribution in [1.29, 1.82) is 0 Å². The Balaban J connectivity index is 0.00000264. The first kappa shape index (κ1) is 20.2. The summed E-state index contributed by atoms with van der Waals surface area (Å²) >= 11 is 6.24. The van der Waals surface area contributed by atoms with Crippen LogP contribution in [0.15, 0.2) is 17.1 Å². The van der Waals surface area contributed by atoms with Crippen molar-refractivity contribution in [3.05, 3.63) is 22.7 Å². The van der Waals surface area contributed by atoms with Crippen LogP contribution in [0.3, 0.4) is 0 Å². The molecular weight excluding hydrogens is 429 g/mol. The van der Waals surface area contributed by atoms with E-state index in [1.54, 1.807) is 7.05 Å². The molecule has 2 N–H and O–H groups in total. The highest BCUT2D eigenvalue weighted by Gasteiger charge is 2.16. The third-order valence-corrected chi connectivity index (χ3v) is 3.86. The molecule has 0 radical (unpaired) electrons. The van der Waals surface area contributed by atoms with Crippen molar-refractivity contribution in [3.8, 4) is 11.5 Å². The molecule has 1 aromatic carbocycles. The molecular formula is C16H25ClIN3O2. The van der Waals surface area contributed by atoms with Gasteiger partial charge in [0.25, 0.3) is 0 Å². The van der Waals surface area contributed by atoms with Crippen LogP contribution in [0.25, 0.3) is 0 Å². The Labute approximate surface area is 160 Å². The van der Waals surface area contributed by atoms with Crippen molar-refractivity contribution < 1.29 is 9.47 Å². The predicted molar refractivity (Wildman–Crippen MR) is 106 cm³/mol. The Bertz CT molecular complexity index is 540. The van der Waals surface area contributed by atoms with E-state index in [-0.39, 0.29) is 24.0 Å². The lowest BCUT2D eigenvalue weighted by molar-refractivity contribution is 0.171. The fourth-order valence-electron chi connectivity index (χ4n) is 2.16. The fourth-order valence-corrected chi connectivity index (χ4v) is 2.45. The first-order valence-corrected chi connectivity index (χ1v) is 8.07. The van der Waals surface area contributed by atoms with Crippen LogP contribution in [-0.4, -0.2) is 38.8 Å². The third kappa shape index (κ3) is 5.91. The topological polar surface area (TPSA) is 54.9 Å². The summed E-state index contributed by atoms with van der Waals surface area (Å²) in [5.41, 5.74) is 1.11. The average molecular weight is 454 g/mol. The van der Waals surface area contributed by atoms with Gasteiger partial charge in [0.2, 0.25) is 0 Å². The number of nitrogens with one attached hydrogen (secondary N) is 2. The van der Waals surface area contributed by atoms with Crippen molar-refractivity contribution in [2.45, 2.75) is 32.7 Å². The Kier molecular flexibility index (Phi) is 8.83. The summed E-state index contributed by atoms with van der Waals surface area (Å²) in [5.74, 6) is 2.20. The lowest BCUT2D eigenvalue weighted by atomic mass is 10.1. The van der Waals surface area contributed by atoms with E-state index in [1.807, 2.05) is 12.1 Å². The Morgan fingerprint density at radius 2 is 2.09 bits per heavy atom. The lowest BCUT2D eigenvalue weighted by Gasteiger charge is -2.20. The quantitative estimate of drug-likeness (QED) is 0.408. The molecule has 1 aliphatic rings. The van der Waals surface area contributed by atoms with Crippen molar-refractivity contribution in [3.63, 3.8) is 0 Å². The van der Waals surface area contributed by atoms with Gasteiger partial charge in [-0.3, -0.25) is 4.99 Å². The van der Waals surface area contributed by atoms with Crippen molar-refractivity contribution in [2.75, 3.05) is 26.8 Å². The number of fused-ring (bicyclic) bond motifs is 1. The van der Waals surface area contributed by atoms with E-state index in [0.717, 1.165) is 36.7 Å². The van der Waals surface area contributed by atoms with Gasteiger partial charge in [-0.2, -0.15) is 0 Å². The highest BCUT2D eigenvalue weighted by atomic mass is 127. The van der Waals surface area contributed by atoms with E-state index in [9.17, 15) is 0 Å². The minimum atomic E-state index is 0. The molecule has 0 amide bonds. The van der Waals surface area contributed by atoms with Crippen LogP contribution in [0.2, 0.25) is 5.02 Å². The summed E-state index contributed by atoms with van der Waals surface area (Å²) in [5, 5.41) is 7.24. The van der Waals surface area contributed by atoms with Gasteiger partial charge in [0.05, 0.1) is 5.02 Å². The van der Waals surface area contributed by atoms with Crippen LogP contribution in [0.1, 0.15) is 25.8 Å². The van der Waals surface area contributed by atoms with Crippen LogP contribution in [0.5, 0.6) is 11.5 Å². The third-order valence-electron chi connectivity index (χ3n) is 3.58. The molecule has 1 aromatic rings. The number of aliphatic imine (C=N–C) groups is 1. The summed E-state index contributed by atoms with van der Waals surface area (Å²) in [6, 6.07) is 4.32. The Hall–Kier alpha value is -0.890. The van der Waals surface area contributed by atoms with Crippen LogP contribution in [-0.2, 0) is 6.42 Å². The fraction of sp³-hybridized carbons (Fsp3) is 0.562. The van der Waals surface area contributed by atoms with Gasteiger partial charge >= 0.3 is 0 Å². The minimum Gasteiger partial charge on any atom is -0.486 e. The second-order valence-electron chi connectivity index (χ2n) is 5.30. The molecule has 0 aliphatic carbocycles. The molecule has 0 fully saturated rings. The monoisotopic (exact) mass is 453 g/mol. The second-order valence-corrected chi connectivity index (χ2v) is 5.71. The highest BCUT2D eigenvalue weighted by molar-refractivity contribution is 14.0. The number of benzene rings is 1. The van der Waals surface area contributed by atoms with Crippen LogP contribution in [0, 0.1) is 0 Å². The summed E-state index contributed by atoms with van der Waals surface area (Å²) in [6.45, 7) is 6.16. The van der Waals surface area contributed by atoms with E-state index in [0.29, 0.717) is 30.0 Å². The first-order valence-electron chi connectivity index (χ1n) is 7.69. The maximum atomic E-state index is 6.24. The molecule has 1 atom stereocenters. The number of nitrogens with zero attached hydrogens (tertiary/aromatic N) is 1. The molecule has 0 spiro atoms. The van der Waals surface area contributed by atoms with Gasteiger partial charge in [0.15, 0.2) is 17.5 Å². The van der Waals surface area contributed by atoms with Gasteiger partial charge < -0.3 is 20.1 Å². The Morgan fingerprint density at radius 1 is 1.35 bits per heavy atom. The van der Waals surface area contributed by atoms with E-state index in [4.69, 9.17) is 21.1 Å². The normalized spacial score (nSPS) is 14.7. The van der Waals surface area contributed by atoms with Gasteiger partial charge in [-0.25, -0.2) is 0 Å². The van der Waals surface area contributed by atoms with Crippen molar-refractivity contribution in [2.24, 2.45) is 4.99 Å². The van der Waals surface area contributed by atoms with E-state index >= 15 is 0 Å². The standard InChI is InChI=1S/C16H24ClN3O2.HI/c1-4-11(2)20-16(18-3)19-6-5-12-9-13(17)15-14(10-12)21-7-8-22-15;/h9-11H,4-8H2,1-3H3,(H2,18,19,20);1H. The molecule has 0 aromatic heterocycles. The molecule has 0 saturated heterocycles. The molecule has 1 unspecified atom stereocenters. The molecule has 23 heavy (non-hydrogen) atoms. The Morgan fingerprint density at radius 3 is 2.78 bits per heavy atom. The average Bonchev–Trinajstić information content (AvgIpc) is 2.53. The number of halogens is 2. The lowest BCUT2D eigenvalue weighted by Crippen LogP contribution is -2.42. The summed E-state index contributed by atoms with van der Waals surface area (Å²) < 4.78 is 11.1. The molecule has 0 saturated carbocycles. The summed E-state index contributed by atoms with van der Waals surface area (Å²) in [6.07, 6.45) is 1.88. The van der Waals surface area contributed by atoms with Gasteiger partial charge in [-0.15, -0.1) is 24.0 Å². The van der Waals surface area contributed by atoms with Crippen LogP contribution >= 0.6 is 35.6 Å². The molecule has 130 valence electrons. The molecule has 5 nitrogen and oxygen atoms in total. The number of guanidine groups is 1. The van der Waals surface area contributed by atoms with Gasteiger partial charge in [-0.05, 0) is 37.5 Å². The maximum absolute atomic E-state index is 6.24. The predicted octanol–water partition coefficient (Wildman–Crippen LogP) is 3.24. The minimum absolute atomic E-state index is 0. The molecule has 1 aliphatic heterocycles. The van der Waals surface area contributed by atoms with Crippen molar-refractivity contribution in [1.82, 2.24) is 10.6 Å². The van der Waals surface area contributed by atoms with E-state index in [2.05, 4.69) is 29.5 Å². The molecule has 7 heteroatoms. The molecule has 1 heterocycles. The van der Waals surface area contributed by atoms with Crippen LogP contribution in [0.4, 0.5) is 0 Å². The smallest absolute Gasteiger partial charge is 0.191 e. The first-order chi connectivity index (χ1) is 10.6. The number of hydrogen-bond acceptors (Lipinski definition) is 3. The highest BCUT2D eigenvalue weighted by Crippen LogP contribution is 2.38. The van der Waals surface area contributed by atoms with E-state index in [1.165, 1.54) is 0 Å². The maximum Gasteiger partial charge on any atom is 0.191 e. The molecule has 2 rings (SSSR count). The number of ether oxygens (including phenoxy) is 2. The van der Waals surface area contributed by atoms with Gasteiger partial charge in [0.1, 0.15) is 13.2 Å². The zero-order valence-corrected chi connectivity index (χ0v) is 16.9. The number of rotatable bonds is 5. The van der Waals surface area contributed by atoms with Crippen LogP contribution < -0.4 is 20.1 Å². The summed E-state index contributed by atoms with van der Waals surface area (Å²) in [4.78, 5) is 4.22. The summed E-state index contributed by atoms with van der Waals surface area (Å²) in [7, 11) is 1.78. The van der Waals surface area contributed by atoms with Gasteiger partial charge in [-0.1, -0.05) is 18.5 Å².